The number of nitrogens with zero attached hydrogens (tertiary/aromatic N) is 1. The lowest BCUT2D eigenvalue weighted by atomic mass is 10.1. The number of aryl methyl sites for hydroxylation is 1. The number of rotatable bonds is 7. The van der Waals surface area contributed by atoms with Gasteiger partial charge in [0.2, 0.25) is 0 Å². The summed E-state index contributed by atoms with van der Waals surface area (Å²) in [6, 6.07) is 16.1. The highest BCUT2D eigenvalue weighted by Crippen LogP contribution is 2.37. The summed E-state index contributed by atoms with van der Waals surface area (Å²) >= 11 is 15.7. The molecule has 0 unspecified atom stereocenters. The van der Waals surface area contributed by atoms with Gasteiger partial charge in [0, 0.05) is 21.2 Å². The minimum atomic E-state index is -0.278. The Morgan fingerprint density at radius 1 is 1.16 bits per heavy atom. The Morgan fingerprint density at radius 3 is 2.65 bits per heavy atom. The number of hydrogen-bond donors (Lipinski definition) is 1. The van der Waals surface area contributed by atoms with E-state index in [1.165, 1.54) is 6.21 Å². The quantitative estimate of drug-likeness (QED) is 0.288. The Morgan fingerprint density at radius 2 is 1.94 bits per heavy atom. The topological polar surface area (TPSA) is 59.9 Å². The van der Waals surface area contributed by atoms with Gasteiger partial charge in [-0.1, -0.05) is 47.5 Å². The van der Waals surface area contributed by atoms with E-state index in [-0.39, 0.29) is 12.5 Å². The maximum absolute atomic E-state index is 12.3. The molecule has 0 atom stereocenters. The molecule has 0 aliphatic rings. The Bertz CT molecular complexity index is 1140. The average molecular weight is 522 g/mol. The first-order valence-corrected chi connectivity index (χ1v) is 10.8. The van der Waals surface area contributed by atoms with E-state index in [0.29, 0.717) is 37.1 Å². The number of carbonyl (C=O) groups excluding carboxylic acids is 1. The fraction of sp³-hybridized carbons (Fsp3) is 0.130. The summed E-state index contributed by atoms with van der Waals surface area (Å²) in [6.45, 7) is 2.11. The molecule has 8 heteroatoms. The van der Waals surface area contributed by atoms with Gasteiger partial charge in [-0.05, 0) is 64.3 Å². The molecule has 3 aromatic carbocycles. The van der Waals surface area contributed by atoms with Crippen molar-refractivity contribution in [1.82, 2.24) is 5.43 Å². The molecule has 0 fully saturated rings. The molecule has 3 rings (SSSR count). The van der Waals surface area contributed by atoms with Crippen LogP contribution < -0.4 is 14.9 Å². The molecule has 160 valence electrons. The molecule has 0 aromatic heterocycles. The summed E-state index contributed by atoms with van der Waals surface area (Å²) in [7, 11) is 1.55. The van der Waals surface area contributed by atoms with Crippen LogP contribution in [0.1, 0.15) is 27.0 Å². The van der Waals surface area contributed by atoms with Gasteiger partial charge < -0.3 is 9.47 Å². The summed E-state index contributed by atoms with van der Waals surface area (Å²) in [5.41, 5.74) is 5.49. The van der Waals surface area contributed by atoms with Gasteiger partial charge in [0.1, 0.15) is 6.61 Å². The fourth-order valence-corrected chi connectivity index (χ4v) is 3.83. The number of ether oxygens (including phenoxy) is 2. The lowest BCUT2D eigenvalue weighted by molar-refractivity contribution is 0.0954. The Hall–Kier alpha value is -2.54. The van der Waals surface area contributed by atoms with E-state index < -0.39 is 0 Å². The zero-order valence-corrected chi connectivity index (χ0v) is 19.9. The Kier molecular flexibility index (Phi) is 7.96. The van der Waals surface area contributed by atoms with Gasteiger partial charge in [-0.2, -0.15) is 5.10 Å². The molecule has 0 saturated heterocycles. The maximum atomic E-state index is 12.3. The van der Waals surface area contributed by atoms with E-state index in [1.54, 1.807) is 31.4 Å². The van der Waals surface area contributed by atoms with Crippen molar-refractivity contribution in [3.05, 3.63) is 91.4 Å². The van der Waals surface area contributed by atoms with E-state index in [1.807, 2.05) is 37.3 Å². The predicted octanol–water partition coefficient (Wildman–Crippen LogP) is 6.42. The predicted molar refractivity (Wildman–Crippen MR) is 128 cm³/mol. The van der Waals surface area contributed by atoms with Gasteiger partial charge in [-0.15, -0.1) is 0 Å². The number of methoxy groups -OCH3 is 1. The smallest absolute Gasteiger partial charge is 0.271 e. The van der Waals surface area contributed by atoms with Crippen molar-refractivity contribution in [2.45, 2.75) is 13.5 Å². The van der Waals surface area contributed by atoms with E-state index in [9.17, 15) is 4.79 Å². The first-order valence-electron chi connectivity index (χ1n) is 9.22. The van der Waals surface area contributed by atoms with Gasteiger partial charge in [0.15, 0.2) is 11.5 Å². The number of nitrogens with one attached hydrogen (secondary N) is 1. The molecule has 0 aliphatic heterocycles. The second-order valence-corrected chi connectivity index (χ2v) is 8.27. The second kappa shape index (κ2) is 10.7. The van der Waals surface area contributed by atoms with E-state index in [0.717, 1.165) is 11.1 Å². The van der Waals surface area contributed by atoms with E-state index in [2.05, 4.69) is 26.5 Å². The monoisotopic (exact) mass is 520 g/mol. The molecule has 0 saturated carbocycles. The molecular weight excluding hydrogens is 503 g/mol. The van der Waals surface area contributed by atoms with Crippen LogP contribution >= 0.6 is 39.1 Å². The van der Waals surface area contributed by atoms with E-state index in [4.69, 9.17) is 32.7 Å². The van der Waals surface area contributed by atoms with Gasteiger partial charge >= 0.3 is 0 Å². The molecule has 0 radical (unpaired) electrons. The second-order valence-electron chi connectivity index (χ2n) is 6.57. The van der Waals surface area contributed by atoms with Crippen molar-refractivity contribution >= 4 is 51.3 Å². The average Bonchev–Trinajstić information content (AvgIpc) is 2.74. The third-order valence-electron chi connectivity index (χ3n) is 4.41. The van der Waals surface area contributed by atoms with Crippen LogP contribution in [0.3, 0.4) is 0 Å². The van der Waals surface area contributed by atoms with Crippen molar-refractivity contribution in [2.24, 2.45) is 5.10 Å². The number of hydrogen-bond acceptors (Lipinski definition) is 4. The molecule has 3 aromatic rings. The highest BCUT2D eigenvalue weighted by atomic mass is 79.9. The van der Waals surface area contributed by atoms with Crippen molar-refractivity contribution < 1.29 is 14.3 Å². The molecule has 1 N–H and O–H groups in total. The zero-order chi connectivity index (χ0) is 22.4. The van der Waals surface area contributed by atoms with Crippen LogP contribution in [0.2, 0.25) is 10.0 Å². The minimum Gasteiger partial charge on any atom is -0.493 e. The van der Waals surface area contributed by atoms with Crippen molar-refractivity contribution in [2.75, 3.05) is 7.11 Å². The molecule has 0 heterocycles. The van der Waals surface area contributed by atoms with Gasteiger partial charge in [0.25, 0.3) is 5.91 Å². The van der Waals surface area contributed by atoms with Crippen LogP contribution in [-0.2, 0) is 6.61 Å². The van der Waals surface area contributed by atoms with Crippen LogP contribution in [0, 0.1) is 6.92 Å². The molecular formula is C23H19BrCl2N2O3. The standard InChI is InChI=1S/C23H19BrCl2N2O3/c1-14-5-3-4-6-18(14)23(29)28-27-12-15-9-19(24)22(21(10-15)30-2)31-13-16-7-8-17(25)11-20(16)26/h3-12H,13H2,1-2H3,(H,28,29)/b27-12-. The minimum absolute atomic E-state index is 0.241. The highest BCUT2D eigenvalue weighted by molar-refractivity contribution is 9.10. The molecule has 31 heavy (non-hydrogen) atoms. The zero-order valence-electron chi connectivity index (χ0n) is 16.8. The molecule has 0 bridgehead atoms. The number of benzene rings is 3. The van der Waals surface area contributed by atoms with Crippen LogP contribution in [0.15, 0.2) is 64.2 Å². The largest absolute Gasteiger partial charge is 0.493 e. The Labute approximate surface area is 199 Å². The van der Waals surface area contributed by atoms with Gasteiger partial charge in [0.05, 0.1) is 17.8 Å². The first kappa shape index (κ1) is 23.1. The number of hydrazone groups is 1. The van der Waals surface area contributed by atoms with Gasteiger partial charge in [-0.25, -0.2) is 5.43 Å². The van der Waals surface area contributed by atoms with Gasteiger partial charge in [-0.3, -0.25) is 4.79 Å². The van der Waals surface area contributed by atoms with Crippen molar-refractivity contribution in [3.63, 3.8) is 0 Å². The van der Waals surface area contributed by atoms with Crippen LogP contribution in [0.25, 0.3) is 0 Å². The lowest BCUT2D eigenvalue weighted by Crippen LogP contribution is -2.18. The summed E-state index contributed by atoms with van der Waals surface area (Å²) in [4.78, 5) is 12.3. The summed E-state index contributed by atoms with van der Waals surface area (Å²) < 4.78 is 12.0. The number of carbonyl (C=O) groups is 1. The molecule has 0 aliphatic carbocycles. The fourth-order valence-electron chi connectivity index (χ4n) is 2.80. The van der Waals surface area contributed by atoms with Crippen LogP contribution in [-0.4, -0.2) is 19.2 Å². The lowest BCUT2D eigenvalue weighted by Gasteiger charge is -2.14. The summed E-state index contributed by atoms with van der Waals surface area (Å²) in [5, 5.41) is 5.13. The maximum Gasteiger partial charge on any atom is 0.271 e. The third kappa shape index (κ3) is 6.00. The molecule has 5 nitrogen and oxygen atoms in total. The molecule has 0 spiro atoms. The van der Waals surface area contributed by atoms with Crippen molar-refractivity contribution in [1.29, 1.82) is 0 Å². The third-order valence-corrected chi connectivity index (χ3v) is 5.58. The first-order chi connectivity index (χ1) is 14.9. The van der Waals surface area contributed by atoms with Crippen molar-refractivity contribution in [3.8, 4) is 11.5 Å². The SMILES string of the molecule is COc1cc(/C=N\NC(=O)c2ccccc2C)cc(Br)c1OCc1ccc(Cl)cc1Cl. The normalized spacial score (nSPS) is 10.9. The van der Waals surface area contributed by atoms with Crippen LogP contribution in [0.5, 0.6) is 11.5 Å². The summed E-state index contributed by atoms with van der Waals surface area (Å²) in [6.07, 6.45) is 1.53. The highest BCUT2D eigenvalue weighted by Gasteiger charge is 2.13. The van der Waals surface area contributed by atoms with Crippen LogP contribution in [0.4, 0.5) is 0 Å². The number of amides is 1. The Balaban J connectivity index is 1.72. The molecule has 1 amide bonds. The van der Waals surface area contributed by atoms with E-state index >= 15 is 0 Å². The summed E-state index contributed by atoms with van der Waals surface area (Å²) in [5.74, 6) is 0.751. The number of halogens is 3.